The Morgan fingerprint density at radius 1 is 1.13 bits per heavy atom. The number of benzene rings is 2. The number of hydrogen-bond donors (Lipinski definition) is 1. The molecule has 0 spiro atoms. The van der Waals surface area contributed by atoms with Crippen molar-refractivity contribution in [3.8, 4) is 22.8 Å². The lowest BCUT2D eigenvalue weighted by molar-refractivity contribution is -0.207. The third-order valence-corrected chi connectivity index (χ3v) is 5.72. The molecule has 0 bridgehead atoms. The number of rotatable bonds is 9. The molecule has 206 valence electrons. The summed E-state index contributed by atoms with van der Waals surface area (Å²) in [5, 5.41) is 18.5. The van der Waals surface area contributed by atoms with Crippen LogP contribution in [-0.2, 0) is 17.8 Å². The molecular weight excluding hydrogens is 545 g/mol. The number of methoxy groups -OCH3 is 1. The third-order valence-electron chi connectivity index (χ3n) is 5.47. The van der Waals surface area contributed by atoms with E-state index in [-0.39, 0.29) is 29.6 Å². The predicted molar refractivity (Wildman–Crippen MR) is 132 cm³/mol. The molecule has 4 aromatic rings. The van der Waals surface area contributed by atoms with Crippen LogP contribution in [0.1, 0.15) is 23.4 Å². The van der Waals surface area contributed by atoms with Gasteiger partial charge in [-0.15, -0.1) is 10.2 Å². The quantitative estimate of drug-likeness (QED) is 0.306. The van der Waals surface area contributed by atoms with Crippen molar-refractivity contribution in [3.63, 3.8) is 0 Å². The molecule has 1 unspecified atom stereocenters. The number of ether oxygens (including phenoxy) is 2. The van der Waals surface area contributed by atoms with Gasteiger partial charge >= 0.3 is 17.8 Å². The van der Waals surface area contributed by atoms with Gasteiger partial charge in [-0.25, -0.2) is 23.9 Å². The number of halogens is 4. The minimum atomic E-state index is -4.97. The fourth-order valence-corrected chi connectivity index (χ4v) is 3.78. The molecule has 0 aliphatic carbocycles. The van der Waals surface area contributed by atoms with Crippen molar-refractivity contribution in [1.82, 2.24) is 29.1 Å². The van der Waals surface area contributed by atoms with Crippen LogP contribution in [0.4, 0.5) is 13.2 Å². The molecule has 0 fully saturated rings. The lowest BCUT2D eigenvalue weighted by atomic mass is 10.2. The molecule has 39 heavy (non-hydrogen) atoms. The van der Waals surface area contributed by atoms with Crippen LogP contribution >= 0.6 is 11.6 Å². The second kappa shape index (κ2) is 11.3. The number of hydrogen-bond acceptors (Lipinski definition) is 8. The van der Waals surface area contributed by atoms with Gasteiger partial charge in [0.25, 0.3) is 0 Å². The van der Waals surface area contributed by atoms with Crippen LogP contribution in [0.5, 0.6) is 5.75 Å². The Balaban J connectivity index is 1.80. The fourth-order valence-electron chi connectivity index (χ4n) is 3.65. The van der Waals surface area contributed by atoms with Gasteiger partial charge in [-0.05, 0) is 43.3 Å². The Kier molecular flexibility index (Phi) is 8.06. The summed E-state index contributed by atoms with van der Waals surface area (Å²) in [6, 6.07) is 12.6. The summed E-state index contributed by atoms with van der Waals surface area (Å²) in [7, 11) is 1.43. The van der Waals surface area contributed by atoms with Gasteiger partial charge in [-0.3, -0.25) is 4.57 Å². The van der Waals surface area contributed by atoms with E-state index >= 15 is 0 Å². The van der Waals surface area contributed by atoms with Crippen LogP contribution in [0.2, 0.25) is 5.02 Å². The highest BCUT2D eigenvalue weighted by molar-refractivity contribution is 6.30. The number of esters is 1. The summed E-state index contributed by atoms with van der Waals surface area (Å²) in [5.74, 6) is -0.846. The van der Waals surface area contributed by atoms with Crippen LogP contribution in [0, 0.1) is 0 Å². The molecule has 0 saturated heterocycles. The van der Waals surface area contributed by atoms with Gasteiger partial charge in [0.1, 0.15) is 18.0 Å². The van der Waals surface area contributed by atoms with Gasteiger partial charge in [-0.1, -0.05) is 23.7 Å². The average molecular weight is 567 g/mol. The van der Waals surface area contributed by atoms with Crippen molar-refractivity contribution in [3.05, 3.63) is 75.7 Å². The molecule has 0 radical (unpaired) electrons. The van der Waals surface area contributed by atoms with E-state index < -0.39 is 37.0 Å². The Hall–Kier alpha value is -4.17. The Labute approximate surface area is 224 Å². The number of para-hydroxylation sites is 2. The Morgan fingerprint density at radius 3 is 2.46 bits per heavy atom. The highest BCUT2D eigenvalue weighted by Crippen LogP contribution is 2.25. The summed E-state index contributed by atoms with van der Waals surface area (Å²) in [6.07, 6.45) is -7.79. The number of carbonyl (C=O) groups excluding carboxylic acids is 1. The zero-order chi connectivity index (χ0) is 28.3. The van der Waals surface area contributed by atoms with Gasteiger partial charge in [0.05, 0.1) is 20.3 Å². The number of aliphatic hydroxyl groups excluding tert-OH is 1. The Bertz CT molecular complexity index is 1530. The standard InChI is InChI=1S/C24H22ClF3N6O5/c1-3-39-22(36)21-29-19(30-34(21)16-6-4-5-7-17(16)38-2)13-33-23(37)32(12-18(35)24(26,27)28)20(31-33)14-8-10-15(25)11-9-14/h4-11,18,35H,3,12-13H2,1-2H3. The number of carbonyl (C=O) groups is 1. The molecular formula is C24H22ClF3N6O5. The maximum Gasteiger partial charge on any atom is 0.416 e. The first-order valence-corrected chi connectivity index (χ1v) is 11.9. The summed E-state index contributed by atoms with van der Waals surface area (Å²) in [5.41, 5.74) is -0.325. The van der Waals surface area contributed by atoms with Crippen LogP contribution in [0.3, 0.4) is 0 Å². The van der Waals surface area contributed by atoms with Crippen molar-refractivity contribution >= 4 is 17.6 Å². The largest absolute Gasteiger partial charge is 0.494 e. The summed E-state index contributed by atoms with van der Waals surface area (Å²) >= 11 is 5.92. The lowest BCUT2D eigenvalue weighted by Gasteiger charge is -2.15. The highest BCUT2D eigenvalue weighted by Gasteiger charge is 2.39. The van der Waals surface area contributed by atoms with Crippen molar-refractivity contribution < 1.29 is 32.5 Å². The van der Waals surface area contributed by atoms with Crippen molar-refractivity contribution in [2.75, 3.05) is 13.7 Å². The fraction of sp³-hybridized carbons (Fsp3) is 0.292. The van der Waals surface area contributed by atoms with E-state index in [1.165, 1.54) is 36.1 Å². The number of alkyl halides is 3. The second-order valence-electron chi connectivity index (χ2n) is 8.09. The van der Waals surface area contributed by atoms with Crippen LogP contribution in [0.15, 0.2) is 53.3 Å². The number of aliphatic hydroxyl groups is 1. The molecule has 2 aromatic heterocycles. The van der Waals surface area contributed by atoms with Crippen LogP contribution in [0.25, 0.3) is 17.1 Å². The summed E-state index contributed by atoms with van der Waals surface area (Å²) in [6.45, 7) is 0.159. The first kappa shape index (κ1) is 27.9. The molecule has 2 heterocycles. The lowest BCUT2D eigenvalue weighted by Crippen LogP contribution is -2.37. The van der Waals surface area contributed by atoms with Crippen molar-refractivity contribution in [1.29, 1.82) is 0 Å². The zero-order valence-corrected chi connectivity index (χ0v) is 21.3. The SMILES string of the molecule is CCOC(=O)c1nc(Cn2nc(-c3ccc(Cl)cc3)n(CC(O)C(F)(F)F)c2=O)nn1-c1ccccc1OC. The maximum atomic E-state index is 13.2. The van der Waals surface area contributed by atoms with Crippen LogP contribution < -0.4 is 10.4 Å². The normalized spacial score (nSPS) is 12.4. The molecule has 0 saturated carbocycles. The van der Waals surface area contributed by atoms with E-state index in [2.05, 4.69) is 15.2 Å². The number of aromatic nitrogens is 6. The predicted octanol–water partition coefficient (Wildman–Crippen LogP) is 3.10. The van der Waals surface area contributed by atoms with E-state index in [4.69, 9.17) is 21.1 Å². The van der Waals surface area contributed by atoms with Gasteiger partial charge in [0, 0.05) is 10.6 Å². The zero-order valence-electron chi connectivity index (χ0n) is 20.6. The molecule has 0 aliphatic heterocycles. The third kappa shape index (κ3) is 5.96. The van der Waals surface area contributed by atoms with E-state index in [1.807, 2.05) is 0 Å². The summed E-state index contributed by atoms with van der Waals surface area (Å²) < 4.78 is 52.5. The number of nitrogens with zero attached hydrogens (tertiary/aromatic N) is 6. The minimum absolute atomic E-state index is 0.0583. The van der Waals surface area contributed by atoms with Crippen molar-refractivity contribution in [2.24, 2.45) is 0 Å². The topological polar surface area (TPSA) is 126 Å². The first-order valence-electron chi connectivity index (χ1n) is 11.5. The van der Waals surface area contributed by atoms with Gasteiger partial charge in [0.15, 0.2) is 17.8 Å². The van der Waals surface area contributed by atoms with E-state index in [9.17, 15) is 27.9 Å². The second-order valence-corrected chi connectivity index (χ2v) is 8.53. The smallest absolute Gasteiger partial charge is 0.416 e. The highest BCUT2D eigenvalue weighted by atomic mass is 35.5. The molecule has 1 N–H and O–H groups in total. The minimum Gasteiger partial charge on any atom is -0.494 e. The maximum absolute atomic E-state index is 13.2. The van der Waals surface area contributed by atoms with Gasteiger partial charge in [-0.2, -0.15) is 13.2 Å². The van der Waals surface area contributed by atoms with Crippen molar-refractivity contribution in [2.45, 2.75) is 32.3 Å². The van der Waals surface area contributed by atoms with Gasteiger partial charge in [0.2, 0.25) is 5.82 Å². The van der Waals surface area contributed by atoms with Crippen LogP contribution in [-0.4, -0.2) is 66.2 Å². The Morgan fingerprint density at radius 2 is 1.82 bits per heavy atom. The molecule has 11 nitrogen and oxygen atoms in total. The molecule has 0 aliphatic rings. The molecule has 0 amide bonds. The molecule has 4 rings (SSSR count). The summed E-state index contributed by atoms with van der Waals surface area (Å²) in [4.78, 5) is 30.0. The first-order chi connectivity index (χ1) is 18.5. The molecule has 2 aromatic carbocycles. The molecule has 1 atom stereocenters. The van der Waals surface area contributed by atoms with Gasteiger partial charge < -0.3 is 14.6 Å². The van der Waals surface area contributed by atoms with E-state index in [1.54, 1.807) is 31.2 Å². The van der Waals surface area contributed by atoms with E-state index in [0.29, 0.717) is 21.0 Å². The average Bonchev–Trinajstić information content (AvgIpc) is 3.46. The van der Waals surface area contributed by atoms with E-state index in [0.717, 1.165) is 4.68 Å². The molecule has 15 heteroatoms. The monoisotopic (exact) mass is 566 g/mol.